The van der Waals surface area contributed by atoms with Gasteiger partial charge in [0, 0.05) is 43.9 Å². The molecule has 2 nitrogen and oxygen atoms in total. The highest BCUT2D eigenvalue weighted by Crippen LogP contribution is 2.55. The molecule has 1 aromatic heterocycles. The van der Waals surface area contributed by atoms with Crippen LogP contribution in [0.4, 0.5) is 17.1 Å². The highest BCUT2D eigenvalue weighted by atomic mass is 16.3. The lowest BCUT2D eigenvalue weighted by Gasteiger charge is -2.30. The van der Waals surface area contributed by atoms with Crippen LogP contribution < -0.4 is 4.90 Å². The molecule has 0 N–H and O–H groups in total. The summed E-state index contributed by atoms with van der Waals surface area (Å²) in [5, 5.41) is 4.57. The van der Waals surface area contributed by atoms with E-state index in [-0.39, 0.29) is 10.8 Å². The Balaban J connectivity index is 0.984. The van der Waals surface area contributed by atoms with Crippen molar-refractivity contribution in [2.24, 2.45) is 0 Å². The number of nitrogens with zero attached hydrogens (tertiary/aromatic N) is 1. The van der Waals surface area contributed by atoms with Crippen LogP contribution in [0.5, 0.6) is 0 Å². The van der Waals surface area contributed by atoms with E-state index in [0.29, 0.717) is 0 Å². The van der Waals surface area contributed by atoms with Gasteiger partial charge in [0.25, 0.3) is 0 Å². The molecule has 11 aromatic rings. The maximum Gasteiger partial charge on any atom is 0.143 e. The number of benzene rings is 10. The van der Waals surface area contributed by atoms with Crippen LogP contribution in [0.3, 0.4) is 0 Å². The zero-order valence-corrected chi connectivity index (χ0v) is 37.6. The quantitative estimate of drug-likeness (QED) is 0.166. The van der Waals surface area contributed by atoms with Gasteiger partial charge in [0.15, 0.2) is 0 Å². The lowest BCUT2D eigenvalue weighted by atomic mass is 9.78. The average Bonchev–Trinajstić information content (AvgIpc) is 3.95. The third-order valence-corrected chi connectivity index (χ3v) is 14.9. The van der Waals surface area contributed by atoms with Crippen LogP contribution >= 0.6 is 0 Å². The van der Waals surface area contributed by atoms with E-state index < -0.39 is 0 Å². The molecular weight excluding hydrogens is 799 g/mol. The summed E-state index contributed by atoms with van der Waals surface area (Å²) in [6.45, 7) is 9.47. The molecule has 2 aliphatic rings. The topological polar surface area (TPSA) is 16.4 Å². The zero-order valence-electron chi connectivity index (χ0n) is 37.6. The largest absolute Gasteiger partial charge is 0.455 e. The second-order valence-corrected chi connectivity index (χ2v) is 19.2. The molecular formula is C64H47NO. The van der Waals surface area contributed by atoms with Crippen LogP contribution in [0.25, 0.3) is 88.3 Å². The van der Waals surface area contributed by atoms with E-state index in [4.69, 9.17) is 4.42 Å². The molecule has 0 saturated heterocycles. The number of fused-ring (bicyclic) bond motifs is 11. The molecule has 0 atom stereocenters. The fraction of sp³-hybridized carbons (Fsp3) is 0.0938. The molecule has 314 valence electrons. The Morgan fingerprint density at radius 3 is 1.79 bits per heavy atom. The van der Waals surface area contributed by atoms with Gasteiger partial charge in [-0.2, -0.15) is 0 Å². The Morgan fingerprint density at radius 2 is 0.970 bits per heavy atom. The van der Waals surface area contributed by atoms with E-state index in [1.54, 1.807) is 0 Å². The molecule has 2 heteroatoms. The van der Waals surface area contributed by atoms with E-state index in [1.807, 2.05) is 0 Å². The van der Waals surface area contributed by atoms with E-state index in [2.05, 4.69) is 245 Å². The normalized spacial score (nSPS) is 14.0. The average molecular weight is 846 g/mol. The number of hydrogen-bond acceptors (Lipinski definition) is 2. The summed E-state index contributed by atoms with van der Waals surface area (Å²) in [6, 6.07) is 78.3. The lowest BCUT2D eigenvalue weighted by Crippen LogP contribution is -2.17. The first-order valence-electron chi connectivity index (χ1n) is 23.2. The van der Waals surface area contributed by atoms with Gasteiger partial charge in [-0.1, -0.05) is 191 Å². The molecule has 66 heavy (non-hydrogen) atoms. The van der Waals surface area contributed by atoms with E-state index >= 15 is 0 Å². The first-order valence-corrected chi connectivity index (χ1v) is 23.2. The van der Waals surface area contributed by atoms with Crippen molar-refractivity contribution >= 4 is 49.8 Å². The van der Waals surface area contributed by atoms with Gasteiger partial charge in [-0.15, -0.1) is 0 Å². The molecule has 2 aliphatic carbocycles. The van der Waals surface area contributed by atoms with E-state index in [9.17, 15) is 0 Å². The first kappa shape index (κ1) is 38.5. The van der Waals surface area contributed by atoms with Crippen molar-refractivity contribution in [3.05, 3.63) is 235 Å². The fourth-order valence-electron chi connectivity index (χ4n) is 11.7. The van der Waals surface area contributed by atoms with Crippen molar-refractivity contribution in [1.82, 2.24) is 0 Å². The minimum Gasteiger partial charge on any atom is -0.455 e. The van der Waals surface area contributed by atoms with E-state index in [0.717, 1.165) is 55.5 Å². The summed E-state index contributed by atoms with van der Waals surface area (Å²) in [7, 11) is 0. The van der Waals surface area contributed by atoms with Crippen molar-refractivity contribution in [1.29, 1.82) is 0 Å². The molecule has 0 spiro atoms. The standard InChI is InChI=1S/C64H47NO/c1-63(2)55-26-10-7-20-48(55)50-36-33-42(39-57(50)63)40-30-34-44(35-31-40)65(58-28-12-9-22-51(58)53-25-14-24-52-49-21-8-11-27-56(49)64(3,4)61(52)53)45-18-13-17-43(38-45)46-23-15-29-59-60(46)54-37-32-41-16-5-6-19-47(41)62(54)66-59/h5-39H,1-4H3. The predicted octanol–water partition coefficient (Wildman–Crippen LogP) is 17.8. The monoisotopic (exact) mass is 845 g/mol. The molecule has 0 aliphatic heterocycles. The summed E-state index contributed by atoms with van der Waals surface area (Å²) >= 11 is 0. The summed E-state index contributed by atoms with van der Waals surface area (Å²) in [6.07, 6.45) is 0. The first-order chi connectivity index (χ1) is 32.3. The van der Waals surface area contributed by atoms with Crippen LogP contribution in [-0.2, 0) is 10.8 Å². The fourth-order valence-corrected chi connectivity index (χ4v) is 11.7. The van der Waals surface area contributed by atoms with Crippen molar-refractivity contribution in [3.63, 3.8) is 0 Å². The van der Waals surface area contributed by atoms with Gasteiger partial charge in [-0.3, -0.25) is 0 Å². The second kappa shape index (κ2) is 14.3. The van der Waals surface area contributed by atoms with Gasteiger partial charge in [0.1, 0.15) is 11.2 Å². The Morgan fingerprint density at radius 1 is 0.364 bits per heavy atom. The lowest BCUT2D eigenvalue weighted by molar-refractivity contribution is 0.660. The maximum absolute atomic E-state index is 6.68. The van der Waals surface area contributed by atoms with Gasteiger partial charge in [0.2, 0.25) is 0 Å². The third-order valence-electron chi connectivity index (χ3n) is 14.9. The molecule has 1 heterocycles. The van der Waals surface area contributed by atoms with Crippen LogP contribution in [0, 0.1) is 0 Å². The Kier molecular flexibility index (Phi) is 8.33. The zero-order chi connectivity index (χ0) is 44.3. The number of para-hydroxylation sites is 1. The predicted molar refractivity (Wildman–Crippen MR) is 277 cm³/mol. The smallest absolute Gasteiger partial charge is 0.143 e. The molecule has 0 saturated carbocycles. The minimum atomic E-state index is -0.175. The maximum atomic E-state index is 6.68. The van der Waals surface area contributed by atoms with Crippen LogP contribution in [0.15, 0.2) is 217 Å². The molecule has 0 fully saturated rings. The van der Waals surface area contributed by atoms with Crippen LogP contribution in [0.1, 0.15) is 49.9 Å². The van der Waals surface area contributed by atoms with Crippen LogP contribution in [-0.4, -0.2) is 0 Å². The minimum absolute atomic E-state index is 0.0676. The number of rotatable bonds is 6. The van der Waals surface area contributed by atoms with Crippen molar-refractivity contribution in [2.45, 2.75) is 38.5 Å². The van der Waals surface area contributed by atoms with Gasteiger partial charge in [-0.25, -0.2) is 0 Å². The molecule has 13 rings (SSSR count). The Bertz CT molecular complexity index is 3770. The second-order valence-electron chi connectivity index (χ2n) is 19.2. The van der Waals surface area contributed by atoms with Crippen molar-refractivity contribution in [2.75, 3.05) is 4.90 Å². The third kappa shape index (κ3) is 5.61. The highest BCUT2D eigenvalue weighted by molar-refractivity contribution is 6.19. The van der Waals surface area contributed by atoms with Gasteiger partial charge in [-0.05, 0) is 126 Å². The Hall–Kier alpha value is -7.94. The van der Waals surface area contributed by atoms with Crippen molar-refractivity contribution in [3.8, 4) is 55.6 Å². The summed E-state index contributed by atoms with van der Waals surface area (Å²) in [5.41, 5.74) is 22.9. The summed E-state index contributed by atoms with van der Waals surface area (Å²) < 4.78 is 6.68. The molecule has 0 radical (unpaired) electrons. The van der Waals surface area contributed by atoms with Gasteiger partial charge in [0.05, 0.1) is 5.69 Å². The van der Waals surface area contributed by atoms with Gasteiger partial charge < -0.3 is 9.32 Å². The molecule has 0 amide bonds. The summed E-state index contributed by atoms with van der Waals surface area (Å²) in [4.78, 5) is 2.46. The number of anilines is 3. The van der Waals surface area contributed by atoms with Crippen molar-refractivity contribution < 1.29 is 4.42 Å². The molecule has 0 unspecified atom stereocenters. The molecule has 0 bridgehead atoms. The SMILES string of the molecule is CC1(C)c2ccccc2-c2ccc(-c3ccc(N(c4cccc(-c5cccc6oc7c8ccccc8ccc7c56)c4)c4ccccc4-c4cccc5c4C(C)(C)c4ccccc4-5)cc3)cc21. The highest BCUT2D eigenvalue weighted by Gasteiger charge is 2.38. The molecule has 10 aromatic carbocycles. The number of hydrogen-bond donors (Lipinski definition) is 0. The van der Waals surface area contributed by atoms with Gasteiger partial charge >= 0.3 is 0 Å². The van der Waals surface area contributed by atoms with Crippen LogP contribution in [0.2, 0.25) is 0 Å². The Labute approximate surface area is 386 Å². The summed E-state index contributed by atoms with van der Waals surface area (Å²) in [5.74, 6) is 0. The number of furan rings is 1. The van der Waals surface area contributed by atoms with E-state index in [1.165, 1.54) is 72.1 Å².